The van der Waals surface area contributed by atoms with Crippen LogP contribution in [0.5, 0.6) is 5.75 Å². The Morgan fingerprint density at radius 3 is 2.42 bits per heavy atom. The van der Waals surface area contributed by atoms with E-state index < -0.39 is 5.97 Å². The Labute approximate surface area is 179 Å². The van der Waals surface area contributed by atoms with Crippen LogP contribution in [0.4, 0.5) is 17.2 Å². The predicted molar refractivity (Wildman–Crippen MR) is 122 cm³/mol. The third-order valence-electron chi connectivity index (χ3n) is 4.50. The molecule has 0 aliphatic heterocycles. The Morgan fingerprint density at radius 1 is 1.03 bits per heavy atom. The molecule has 8 heteroatoms. The van der Waals surface area contributed by atoms with Gasteiger partial charge in [0, 0.05) is 35.6 Å². The minimum atomic E-state index is -0.574. The van der Waals surface area contributed by atoms with Crippen molar-refractivity contribution in [2.45, 2.75) is 6.54 Å². The fraction of sp³-hybridized carbons (Fsp3) is 0.0870. The molecule has 0 aliphatic carbocycles. The van der Waals surface area contributed by atoms with E-state index in [2.05, 4.69) is 20.0 Å². The molecule has 0 bridgehead atoms. The summed E-state index contributed by atoms with van der Waals surface area (Å²) < 4.78 is 4.40. The fourth-order valence-corrected chi connectivity index (χ4v) is 2.92. The minimum Gasteiger partial charge on any atom is -0.505 e. The Morgan fingerprint density at radius 2 is 1.71 bits per heavy atom. The van der Waals surface area contributed by atoms with Crippen LogP contribution in [-0.4, -0.2) is 28.2 Å². The molecule has 31 heavy (non-hydrogen) atoms. The number of methoxy groups -OCH3 is 1. The number of anilines is 3. The molecule has 6 N–H and O–H groups in total. The first kappa shape index (κ1) is 21.4. The highest BCUT2D eigenvalue weighted by Gasteiger charge is 2.11. The van der Waals surface area contributed by atoms with Gasteiger partial charge in [-0.25, -0.2) is 14.8 Å². The summed E-state index contributed by atoms with van der Waals surface area (Å²) in [6.45, 7) is 0.533. The van der Waals surface area contributed by atoms with Gasteiger partial charge < -0.3 is 26.6 Å². The molecule has 0 saturated heterocycles. The van der Waals surface area contributed by atoms with Crippen molar-refractivity contribution in [3.63, 3.8) is 0 Å². The van der Waals surface area contributed by atoms with Crippen LogP contribution in [0.2, 0.25) is 0 Å². The van der Waals surface area contributed by atoms with Crippen molar-refractivity contribution < 1.29 is 14.6 Å². The molecule has 4 aromatic rings. The second kappa shape index (κ2) is 9.93. The average molecular weight is 417 g/mol. The minimum absolute atomic E-state index is 0.0509. The largest absolute Gasteiger partial charge is 0.505 e. The third kappa shape index (κ3) is 5.18. The summed E-state index contributed by atoms with van der Waals surface area (Å²) in [5, 5.41) is 15.4. The number of carbonyl (C=O) groups is 1. The molecule has 158 valence electrons. The van der Waals surface area contributed by atoms with E-state index in [4.69, 9.17) is 11.5 Å². The molecule has 0 fully saturated rings. The average Bonchev–Trinajstić information content (AvgIpc) is 2.81. The molecule has 3 aromatic carbocycles. The first-order chi connectivity index (χ1) is 15.0. The maximum absolute atomic E-state index is 10.8. The summed E-state index contributed by atoms with van der Waals surface area (Å²) in [5.74, 6) is -0.331. The van der Waals surface area contributed by atoms with E-state index >= 15 is 0 Å². The zero-order valence-corrected chi connectivity index (χ0v) is 16.9. The van der Waals surface area contributed by atoms with Gasteiger partial charge in [-0.1, -0.05) is 42.5 Å². The molecular formula is C23H23N5O3. The first-order valence-corrected chi connectivity index (χ1v) is 9.44. The third-order valence-corrected chi connectivity index (χ3v) is 4.50. The molecule has 8 nitrogen and oxygen atoms in total. The van der Waals surface area contributed by atoms with Gasteiger partial charge in [0.1, 0.15) is 5.75 Å². The Balaban J connectivity index is 0.000000210. The summed E-state index contributed by atoms with van der Waals surface area (Å²) in [4.78, 5) is 18.2. The van der Waals surface area contributed by atoms with Crippen molar-refractivity contribution in [3.05, 3.63) is 84.3 Å². The number of ether oxygens (including phenoxy) is 1. The number of esters is 1. The highest BCUT2D eigenvalue weighted by molar-refractivity contribution is 5.96. The summed E-state index contributed by atoms with van der Waals surface area (Å²) in [6.07, 6.45) is 2.78. The molecule has 1 aromatic heterocycles. The maximum atomic E-state index is 10.8. The van der Waals surface area contributed by atoms with Gasteiger partial charge in [0.2, 0.25) is 0 Å². The Hall–Kier alpha value is -4.33. The smallest absolute Gasteiger partial charge is 0.360 e. The van der Waals surface area contributed by atoms with Crippen LogP contribution in [0.3, 0.4) is 0 Å². The van der Waals surface area contributed by atoms with Crippen LogP contribution in [0.15, 0.2) is 73.1 Å². The van der Waals surface area contributed by atoms with Crippen LogP contribution in [-0.2, 0) is 11.3 Å². The van der Waals surface area contributed by atoms with Gasteiger partial charge in [-0.3, -0.25) is 0 Å². The van der Waals surface area contributed by atoms with Crippen LogP contribution < -0.4 is 16.8 Å². The van der Waals surface area contributed by atoms with Crippen molar-refractivity contribution >= 4 is 33.9 Å². The Kier molecular flexibility index (Phi) is 6.85. The van der Waals surface area contributed by atoms with Crippen LogP contribution in [0, 0.1) is 0 Å². The molecule has 0 atom stereocenters. The number of nitrogens with one attached hydrogen (secondary N) is 1. The van der Waals surface area contributed by atoms with E-state index in [9.17, 15) is 9.90 Å². The van der Waals surface area contributed by atoms with Gasteiger partial charge in [-0.05, 0) is 23.6 Å². The van der Waals surface area contributed by atoms with E-state index in [-0.39, 0.29) is 17.3 Å². The maximum Gasteiger partial charge on any atom is 0.360 e. The van der Waals surface area contributed by atoms with Gasteiger partial charge in [-0.2, -0.15) is 0 Å². The lowest BCUT2D eigenvalue weighted by atomic mass is 10.0. The number of hydrogen-bond acceptors (Lipinski definition) is 8. The number of para-hydroxylation sites is 1. The van der Waals surface area contributed by atoms with E-state index in [0.29, 0.717) is 12.2 Å². The van der Waals surface area contributed by atoms with Crippen LogP contribution in [0.25, 0.3) is 10.8 Å². The second-order valence-electron chi connectivity index (χ2n) is 6.52. The van der Waals surface area contributed by atoms with Gasteiger partial charge >= 0.3 is 5.97 Å². The number of phenols is 1. The monoisotopic (exact) mass is 417 g/mol. The summed E-state index contributed by atoms with van der Waals surface area (Å²) in [5.41, 5.74) is 13.6. The standard InChI is InChI=1S/C17H16N2O.C6H7N3O2/c18-16-15-9-5-4-6-12(15)10-13(17(16)20)11-19-14-7-2-1-3-8-14;1-11-6(10)4-5(7)9-3-2-8-4/h1-10,19-20H,11,18H2;2-3H,1H3,(H2,7,9). The van der Waals surface area contributed by atoms with E-state index in [1.165, 1.54) is 19.5 Å². The van der Waals surface area contributed by atoms with Crippen molar-refractivity contribution in [1.29, 1.82) is 0 Å². The number of nitrogens with zero attached hydrogens (tertiary/aromatic N) is 2. The summed E-state index contributed by atoms with van der Waals surface area (Å²) >= 11 is 0. The molecule has 1 heterocycles. The number of benzene rings is 3. The topological polar surface area (TPSA) is 136 Å². The van der Waals surface area contributed by atoms with E-state index in [0.717, 1.165) is 22.0 Å². The number of aromatic nitrogens is 2. The molecular weight excluding hydrogens is 394 g/mol. The SMILES string of the molecule is COC(=O)c1nccnc1N.Nc1c(O)c(CNc2ccccc2)cc2ccccc12. The molecule has 0 radical (unpaired) electrons. The van der Waals surface area contributed by atoms with Crippen molar-refractivity contribution in [1.82, 2.24) is 9.97 Å². The number of carbonyl (C=O) groups excluding carboxylic acids is 1. The molecule has 0 spiro atoms. The molecule has 4 rings (SSSR count). The number of fused-ring (bicyclic) bond motifs is 1. The quantitative estimate of drug-likeness (QED) is 0.225. The van der Waals surface area contributed by atoms with Crippen molar-refractivity contribution in [2.24, 2.45) is 0 Å². The van der Waals surface area contributed by atoms with E-state index in [1.54, 1.807) is 0 Å². The zero-order chi connectivity index (χ0) is 22.2. The molecule has 0 aliphatic rings. The molecule has 0 saturated carbocycles. The summed E-state index contributed by atoms with van der Waals surface area (Å²) in [6, 6.07) is 19.6. The lowest BCUT2D eigenvalue weighted by molar-refractivity contribution is 0.0595. The van der Waals surface area contributed by atoms with E-state index in [1.807, 2.05) is 60.7 Å². The van der Waals surface area contributed by atoms with Crippen LogP contribution >= 0.6 is 0 Å². The number of nitrogen functional groups attached to an aromatic ring is 2. The number of phenolic OH excluding ortho intramolecular Hbond substituents is 1. The zero-order valence-electron chi connectivity index (χ0n) is 16.9. The second-order valence-corrected chi connectivity index (χ2v) is 6.52. The lowest BCUT2D eigenvalue weighted by Gasteiger charge is -2.12. The van der Waals surface area contributed by atoms with Gasteiger partial charge in [0.05, 0.1) is 12.8 Å². The van der Waals surface area contributed by atoms with Crippen LogP contribution in [0.1, 0.15) is 16.1 Å². The van der Waals surface area contributed by atoms with Crippen molar-refractivity contribution in [3.8, 4) is 5.75 Å². The highest BCUT2D eigenvalue weighted by atomic mass is 16.5. The summed E-state index contributed by atoms with van der Waals surface area (Å²) in [7, 11) is 1.26. The normalized spacial score (nSPS) is 10.1. The number of rotatable bonds is 4. The lowest BCUT2D eigenvalue weighted by Crippen LogP contribution is -2.09. The first-order valence-electron chi connectivity index (χ1n) is 9.44. The predicted octanol–water partition coefficient (Wildman–Crippen LogP) is 3.59. The fourth-order valence-electron chi connectivity index (χ4n) is 2.92. The van der Waals surface area contributed by atoms with Gasteiger partial charge in [-0.15, -0.1) is 0 Å². The molecule has 0 unspecified atom stereocenters. The highest BCUT2D eigenvalue weighted by Crippen LogP contribution is 2.33. The Bertz CT molecular complexity index is 1180. The van der Waals surface area contributed by atoms with Crippen molar-refractivity contribution in [2.75, 3.05) is 23.9 Å². The number of nitrogens with two attached hydrogens (primary N) is 2. The number of aromatic hydroxyl groups is 1. The molecule has 0 amide bonds. The van der Waals surface area contributed by atoms with Gasteiger partial charge in [0.15, 0.2) is 11.5 Å². The van der Waals surface area contributed by atoms with Gasteiger partial charge in [0.25, 0.3) is 0 Å². The number of hydrogen-bond donors (Lipinski definition) is 4.